The van der Waals surface area contributed by atoms with Crippen molar-refractivity contribution in [3.05, 3.63) is 16.1 Å². The lowest BCUT2D eigenvalue weighted by Gasteiger charge is -2.15. The van der Waals surface area contributed by atoms with E-state index in [2.05, 4.69) is 36.4 Å². The summed E-state index contributed by atoms with van der Waals surface area (Å²) in [7, 11) is 0. The van der Waals surface area contributed by atoms with Crippen molar-refractivity contribution in [3.8, 4) is 0 Å². The van der Waals surface area contributed by atoms with Crippen LogP contribution in [0.1, 0.15) is 50.7 Å². The maximum atomic E-state index is 11.7. The van der Waals surface area contributed by atoms with E-state index >= 15 is 0 Å². The van der Waals surface area contributed by atoms with E-state index in [4.69, 9.17) is 0 Å². The predicted molar refractivity (Wildman–Crippen MR) is 85.2 cm³/mol. The lowest BCUT2D eigenvalue weighted by atomic mass is 10.0. The number of rotatable bonds is 8. The first kappa shape index (κ1) is 17.0. The Morgan fingerprint density at radius 3 is 2.70 bits per heavy atom. The number of nitrogens with one attached hydrogen (secondary N) is 2. The van der Waals surface area contributed by atoms with Crippen molar-refractivity contribution in [2.24, 2.45) is 5.92 Å². The van der Waals surface area contributed by atoms with Crippen LogP contribution in [-0.2, 0) is 6.42 Å². The zero-order chi connectivity index (χ0) is 15.0. The minimum atomic E-state index is -0.0750. The van der Waals surface area contributed by atoms with Crippen LogP contribution in [0.2, 0.25) is 0 Å². The highest BCUT2D eigenvalue weighted by molar-refractivity contribution is 7.09. The van der Waals surface area contributed by atoms with Gasteiger partial charge in [0.05, 0.1) is 10.7 Å². The van der Waals surface area contributed by atoms with E-state index < -0.39 is 0 Å². The number of thiazole rings is 1. The molecule has 1 rings (SSSR count). The second-order valence-electron chi connectivity index (χ2n) is 5.73. The van der Waals surface area contributed by atoms with E-state index in [1.165, 1.54) is 6.42 Å². The molecule has 0 aliphatic rings. The lowest BCUT2D eigenvalue weighted by molar-refractivity contribution is 0.237. The minimum Gasteiger partial charge on any atom is -0.338 e. The van der Waals surface area contributed by atoms with Crippen molar-refractivity contribution < 1.29 is 4.79 Å². The summed E-state index contributed by atoms with van der Waals surface area (Å²) in [5.41, 5.74) is 1.05. The molecule has 1 aromatic heterocycles. The van der Waals surface area contributed by atoms with Crippen molar-refractivity contribution in [1.82, 2.24) is 15.6 Å². The number of carbonyl (C=O) groups excluding carboxylic acids is 1. The number of carbonyl (C=O) groups is 1. The first-order valence-corrected chi connectivity index (χ1v) is 8.30. The van der Waals surface area contributed by atoms with Gasteiger partial charge in [-0.15, -0.1) is 11.3 Å². The van der Waals surface area contributed by atoms with Gasteiger partial charge in [0.2, 0.25) is 0 Å². The quantitative estimate of drug-likeness (QED) is 0.771. The highest BCUT2D eigenvalue weighted by Crippen LogP contribution is 2.08. The van der Waals surface area contributed by atoms with Crippen molar-refractivity contribution in [3.63, 3.8) is 0 Å². The topological polar surface area (TPSA) is 54.0 Å². The van der Waals surface area contributed by atoms with Crippen LogP contribution in [0.5, 0.6) is 0 Å². The molecule has 0 bridgehead atoms. The molecule has 0 aliphatic heterocycles. The van der Waals surface area contributed by atoms with Gasteiger partial charge in [-0.25, -0.2) is 9.78 Å². The Morgan fingerprint density at radius 2 is 2.10 bits per heavy atom. The zero-order valence-electron chi connectivity index (χ0n) is 13.0. The Kier molecular flexibility index (Phi) is 7.59. The van der Waals surface area contributed by atoms with Crippen molar-refractivity contribution in [1.29, 1.82) is 0 Å². The van der Waals surface area contributed by atoms with Gasteiger partial charge in [0.1, 0.15) is 0 Å². The number of hydrogen-bond donors (Lipinski definition) is 2. The smallest absolute Gasteiger partial charge is 0.315 e. The molecule has 1 unspecified atom stereocenters. The summed E-state index contributed by atoms with van der Waals surface area (Å²) in [6.07, 6.45) is 4.21. The molecule has 0 saturated carbocycles. The average Bonchev–Trinajstić information content (AvgIpc) is 2.74. The maximum absolute atomic E-state index is 11.7. The summed E-state index contributed by atoms with van der Waals surface area (Å²) in [5, 5.41) is 8.98. The van der Waals surface area contributed by atoms with Crippen molar-refractivity contribution in [2.45, 2.75) is 59.4 Å². The maximum Gasteiger partial charge on any atom is 0.315 e. The Balaban J connectivity index is 2.10. The van der Waals surface area contributed by atoms with E-state index in [1.54, 1.807) is 11.3 Å². The molecule has 0 aromatic carbocycles. The molecule has 0 fully saturated rings. The summed E-state index contributed by atoms with van der Waals surface area (Å²) in [6, 6.07) is 0.157. The largest absolute Gasteiger partial charge is 0.338 e. The number of urea groups is 1. The van der Waals surface area contributed by atoms with E-state index in [-0.39, 0.29) is 12.1 Å². The van der Waals surface area contributed by atoms with Gasteiger partial charge >= 0.3 is 6.03 Å². The first-order valence-electron chi connectivity index (χ1n) is 7.42. The molecule has 1 atom stereocenters. The van der Waals surface area contributed by atoms with Crippen LogP contribution < -0.4 is 10.6 Å². The number of amides is 2. The van der Waals surface area contributed by atoms with Gasteiger partial charge in [-0.2, -0.15) is 0 Å². The van der Waals surface area contributed by atoms with Gasteiger partial charge in [0.15, 0.2) is 0 Å². The highest BCUT2D eigenvalue weighted by atomic mass is 32.1. The second-order valence-corrected chi connectivity index (χ2v) is 6.80. The molecule has 0 aliphatic carbocycles. The summed E-state index contributed by atoms with van der Waals surface area (Å²) in [4.78, 5) is 16.1. The van der Waals surface area contributed by atoms with Gasteiger partial charge in [-0.05, 0) is 26.2 Å². The van der Waals surface area contributed by atoms with Crippen molar-refractivity contribution in [2.75, 3.05) is 6.54 Å². The minimum absolute atomic E-state index is 0.0750. The summed E-state index contributed by atoms with van der Waals surface area (Å²) in [5.74, 6) is 0.734. The van der Waals surface area contributed by atoms with Gasteiger partial charge in [-0.1, -0.05) is 26.7 Å². The van der Waals surface area contributed by atoms with E-state index in [0.717, 1.165) is 35.9 Å². The van der Waals surface area contributed by atoms with Crippen LogP contribution in [-0.4, -0.2) is 23.6 Å². The van der Waals surface area contributed by atoms with Crippen LogP contribution >= 0.6 is 11.3 Å². The van der Waals surface area contributed by atoms with Gasteiger partial charge in [-0.3, -0.25) is 0 Å². The summed E-state index contributed by atoms with van der Waals surface area (Å²) in [6.45, 7) is 9.14. The van der Waals surface area contributed by atoms with Gasteiger partial charge in [0.25, 0.3) is 0 Å². The SMILES string of the molecule is Cc1nc(CCNC(=O)NC(C)CCCC(C)C)cs1. The van der Waals surface area contributed by atoms with Crippen LogP contribution in [0.15, 0.2) is 5.38 Å². The molecule has 4 nitrogen and oxygen atoms in total. The molecule has 0 radical (unpaired) electrons. The molecule has 0 saturated heterocycles. The third kappa shape index (κ3) is 7.48. The van der Waals surface area contributed by atoms with Crippen molar-refractivity contribution >= 4 is 17.4 Å². The standard InChI is InChI=1S/C15H27N3OS/c1-11(2)6-5-7-12(3)17-15(19)16-9-8-14-10-20-13(4)18-14/h10-12H,5-9H2,1-4H3,(H2,16,17,19). The molecule has 0 spiro atoms. The molecule has 1 aromatic rings. The van der Waals surface area contributed by atoms with E-state index in [0.29, 0.717) is 6.54 Å². The van der Waals surface area contributed by atoms with Gasteiger partial charge < -0.3 is 10.6 Å². The average molecular weight is 297 g/mol. The fourth-order valence-corrected chi connectivity index (χ4v) is 2.65. The van der Waals surface area contributed by atoms with Crippen LogP contribution in [0.4, 0.5) is 4.79 Å². The second kappa shape index (κ2) is 8.95. The number of aryl methyl sites for hydroxylation is 1. The van der Waals surface area contributed by atoms with E-state index in [9.17, 15) is 4.79 Å². The van der Waals surface area contributed by atoms with E-state index in [1.807, 2.05) is 12.3 Å². The molecule has 2 N–H and O–H groups in total. The molecule has 20 heavy (non-hydrogen) atoms. The summed E-state index contributed by atoms with van der Waals surface area (Å²) < 4.78 is 0. The van der Waals surface area contributed by atoms with Crippen LogP contribution in [0, 0.1) is 12.8 Å². The Bertz CT molecular complexity index is 404. The number of aromatic nitrogens is 1. The number of hydrogen-bond acceptors (Lipinski definition) is 3. The molecular weight excluding hydrogens is 270 g/mol. The summed E-state index contributed by atoms with van der Waals surface area (Å²) >= 11 is 1.65. The monoisotopic (exact) mass is 297 g/mol. The third-order valence-corrected chi connectivity index (χ3v) is 3.95. The highest BCUT2D eigenvalue weighted by Gasteiger charge is 2.07. The molecular formula is C15H27N3OS. The first-order chi connectivity index (χ1) is 9.47. The number of nitrogens with zero attached hydrogens (tertiary/aromatic N) is 1. The normalized spacial score (nSPS) is 12.4. The fraction of sp³-hybridized carbons (Fsp3) is 0.733. The Labute approximate surface area is 126 Å². The molecule has 114 valence electrons. The fourth-order valence-electron chi connectivity index (χ4n) is 2.01. The van der Waals surface area contributed by atoms with Gasteiger partial charge in [0, 0.05) is 24.4 Å². The zero-order valence-corrected chi connectivity index (χ0v) is 13.8. The molecule has 2 amide bonds. The molecule has 1 heterocycles. The third-order valence-electron chi connectivity index (χ3n) is 3.13. The predicted octanol–water partition coefficient (Wildman–Crippen LogP) is 3.51. The Hall–Kier alpha value is -1.10. The molecule has 5 heteroatoms. The lowest BCUT2D eigenvalue weighted by Crippen LogP contribution is -2.41. The van der Waals surface area contributed by atoms with Crippen LogP contribution in [0.3, 0.4) is 0 Å². The van der Waals surface area contributed by atoms with Crippen LogP contribution in [0.25, 0.3) is 0 Å². The Morgan fingerprint density at radius 1 is 1.35 bits per heavy atom.